The molecule has 1 heterocycles. The molecule has 2 nitrogen and oxygen atoms in total. The highest BCUT2D eigenvalue weighted by molar-refractivity contribution is 6.42. The molecule has 0 atom stereocenters. The number of H-pyrrole nitrogens is 1. The van der Waals surface area contributed by atoms with Crippen LogP contribution < -0.4 is 0 Å². The van der Waals surface area contributed by atoms with E-state index in [1.807, 2.05) is 12.1 Å². The summed E-state index contributed by atoms with van der Waals surface area (Å²) in [5.41, 5.74) is 1.97. The first-order valence-electron chi connectivity index (χ1n) is 4.71. The maximum absolute atomic E-state index is 5.93. The Morgan fingerprint density at radius 3 is 2.62 bits per heavy atom. The van der Waals surface area contributed by atoms with Crippen LogP contribution in [0.4, 0.5) is 0 Å². The average molecular weight is 276 g/mol. The summed E-state index contributed by atoms with van der Waals surface area (Å²) in [6.45, 7) is 0. The Balaban J connectivity index is 2.17. The summed E-state index contributed by atoms with van der Waals surface area (Å²) in [6, 6.07) is 5.55. The van der Waals surface area contributed by atoms with E-state index in [0.29, 0.717) is 22.3 Å². The summed E-state index contributed by atoms with van der Waals surface area (Å²) in [7, 11) is 0. The molecule has 0 aliphatic heterocycles. The van der Waals surface area contributed by atoms with E-state index >= 15 is 0 Å². The highest BCUT2D eigenvalue weighted by Crippen LogP contribution is 2.23. The SMILES string of the molecule is ClCc1cnc(Cc2ccc(Cl)c(Cl)c2)[nH]1. The third kappa shape index (κ3) is 2.70. The van der Waals surface area contributed by atoms with Crippen molar-refractivity contribution in [3.05, 3.63) is 51.5 Å². The predicted octanol–water partition coefficient (Wildman–Crippen LogP) is 4.05. The predicted molar refractivity (Wildman–Crippen MR) is 67.4 cm³/mol. The monoisotopic (exact) mass is 274 g/mol. The first kappa shape index (κ1) is 11.8. The molecule has 0 aliphatic rings. The minimum absolute atomic E-state index is 0.439. The zero-order valence-electron chi connectivity index (χ0n) is 8.30. The number of hydrogen-bond donors (Lipinski definition) is 1. The lowest BCUT2D eigenvalue weighted by atomic mass is 10.1. The van der Waals surface area contributed by atoms with Crippen LogP contribution in [0.15, 0.2) is 24.4 Å². The topological polar surface area (TPSA) is 28.7 Å². The third-order valence-electron chi connectivity index (χ3n) is 2.18. The second kappa shape index (κ2) is 5.09. The second-order valence-electron chi connectivity index (χ2n) is 3.41. The largest absolute Gasteiger partial charge is 0.345 e. The van der Waals surface area contributed by atoms with Crippen LogP contribution in [-0.4, -0.2) is 9.97 Å². The van der Waals surface area contributed by atoms with Gasteiger partial charge in [-0.1, -0.05) is 29.3 Å². The molecule has 0 saturated carbocycles. The molecule has 2 rings (SSSR count). The first-order chi connectivity index (χ1) is 7.69. The van der Waals surface area contributed by atoms with Gasteiger partial charge in [0, 0.05) is 18.3 Å². The number of benzene rings is 1. The number of halogens is 3. The zero-order valence-corrected chi connectivity index (χ0v) is 10.6. The molecule has 1 aromatic heterocycles. The molecule has 1 aromatic carbocycles. The average Bonchev–Trinajstić information content (AvgIpc) is 2.71. The summed E-state index contributed by atoms with van der Waals surface area (Å²) in [5.74, 6) is 1.31. The Hall–Kier alpha value is -0.700. The van der Waals surface area contributed by atoms with Crippen LogP contribution >= 0.6 is 34.8 Å². The van der Waals surface area contributed by atoms with Gasteiger partial charge in [-0.05, 0) is 17.7 Å². The normalized spacial score (nSPS) is 10.7. The Bertz CT molecular complexity index is 494. The van der Waals surface area contributed by atoms with Crippen molar-refractivity contribution in [3.63, 3.8) is 0 Å². The van der Waals surface area contributed by atoms with Gasteiger partial charge in [0.15, 0.2) is 0 Å². The number of rotatable bonds is 3. The molecular weight excluding hydrogens is 266 g/mol. The molecule has 0 spiro atoms. The van der Waals surface area contributed by atoms with Crippen LogP contribution in [0.1, 0.15) is 17.1 Å². The van der Waals surface area contributed by atoms with Crippen molar-refractivity contribution in [2.45, 2.75) is 12.3 Å². The summed E-state index contributed by atoms with van der Waals surface area (Å²) < 4.78 is 0. The van der Waals surface area contributed by atoms with E-state index in [2.05, 4.69) is 9.97 Å². The summed E-state index contributed by atoms with van der Waals surface area (Å²) in [4.78, 5) is 7.34. The molecular formula is C11H9Cl3N2. The number of aromatic amines is 1. The molecule has 0 aliphatic carbocycles. The van der Waals surface area contributed by atoms with Crippen LogP contribution in [0.2, 0.25) is 10.0 Å². The molecule has 16 heavy (non-hydrogen) atoms. The Labute approximate surface area is 109 Å². The first-order valence-corrected chi connectivity index (χ1v) is 6.00. The van der Waals surface area contributed by atoms with E-state index in [1.54, 1.807) is 12.3 Å². The van der Waals surface area contributed by atoms with Crippen molar-refractivity contribution in [1.29, 1.82) is 0 Å². The van der Waals surface area contributed by atoms with Gasteiger partial charge < -0.3 is 4.98 Å². The lowest BCUT2D eigenvalue weighted by Gasteiger charge is -2.01. The molecule has 0 unspecified atom stereocenters. The minimum atomic E-state index is 0.439. The van der Waals surface area contributed by atoms with Gasteiger partial charge in [-0.2, -0.15) is 0 Å². The van der Waals surface area contributed by atoms with Gasteiger partial charge in [0.2, 0.25) is 0 Å². The fraction of sp³-hybridized carbons (Fsp3) is 0.182. The quantitative estimate of drug-likeness (QED) is 0.841. The number of imidazole rings is 1. The maximum Gasteiger partial charge on any atom is 0.110 e. The number of nitrogens with one attached hydrogen (secondary N) is 1. The fourth-order valence-electron chi connectivity index (χ4n) is 1.41. The van der Waals surface area contributed by atoms with E-state index in [9.17, 15) is 0 Å². The Morgan fingerprint density at radius 1 is 1.19 bits per heavy atom. The zero-order chi connectivity index (χ0) is 11.5. The molecule has 0 saturated heterocycles. The van der Waals surface area contributed by atoms with Crippen LogP contribution in [0.5, 0.6) is 0 Å². The van der Waals surface area contributed by atoms with Crippen molar-refractivity contribution in [2.75, 3.05) is 0 Å². The smallest absolute Gasteiger partial charge is 0.110 e. The van der Waals surface area contributed by atoms with Gasteiger partial charge in [-0.25, -0.2) is 4.98 Å². The van der Waals surface area contributed by atoms with E-state index in [4.69, 9.17) is 34.8 Å². The van der Waals surface area contributed by atoms with Crippen molar-refractivity contribution >= 4 is 34.8 Å². The lowest BCUT2D eigenvalue weighted by molar-refractivity contribution is 1.01. The third-order valence-corrected chi connectivity index (χ3v) is 3.21. The Kier molecular flexibility index (Phi) is 3.74. The van der Waals surface area contributed by atoms with Crippen LogP contribution in [0.25, 0.3) is 0 Å². The summed E-state index contributed by atoms with van der Waals surface area (Å²) in [6.07, 6.45) is 2.42. The van der Waals surface area contributed by atoms with Crippen molar-refractivity contribution in [1.82, 2.24) is 9.97 Å². The highest BCUT2D eigenvalue weighted by atomic mass is 35.5. The van der Waals surface area contributed by atoms with Gasteiger partial charge in [-0.15, -0.1) is 11.6 Å². The maximum atomic E-state index is 5.93. The van der Waals surface area contributed by atoms with Gasteiger partial charge in [-0.3, -0.25) is 0 Å². The molecule has 0 fully saturated rings. The van der Waals surface area contributed by atoms with Crippen molar-refractivity contribution in [3.8, 4) is 0 Å². The summed E-state index contributed by atoms with van der Waals surface area (Å²) in [5, 5.41) is 1.12. The number of nitrogens with zero attached hydrogens (tertiary/aromatic N) is 1. The van der Waals surface area contributed by atoms with E-state index in [-0.39, 0.29) is 0 Å². The lowest BCUT2D eigenvalue weighted by Crippen LogP contribution is -1.91. The number of hydrogen-bond acceptors (Lipinski definition) is 1. The number of aromatic nitrogens is 2. The van der Waals surface area contributed by atoms with Crippen molar-refractivity contribution in [2.24, 2.45) is 0 Å². The van der Waals surface area contributed by atoms with Gasteiger partial charge in [0.05, 0.1) is 15.9 Å². The standard InChI is InChI=1S/C11H9Cl3N2/c12-5-8-6-15-11(16-8)4-7-1-2-9(13)10(14)3-7/h1-3,6H,4-5H2,(H,15,16). The van der Waals surface area contributed by atoms with Crippen molar-refractivity contribution < 1.29 is 0 Å². The Morgan fingerprint density at radius 2 is 2.00 bits per heavy atom. The molecule has 2 aromatic rings. The number of alkyl halides is 1. The van der Waals surface area contributed by atoms with Crippen LogP contribution in [-0.2, 0) is 12.3 Å². The molecule has 0 radical (unpaired) electrons. The van der Waals surface area contributed by atoms with E-state index in [0.717, 1.165) is 17.1 Å². The minimum Gasteiger partial charge on any atom is -0.345 e. The highest BCUT2D eigenvalue weighted by Gasteiger charge is 2.03. The van der Waals surface area contributed by atoms with E-state index < -0.39 is 0 Å². The van der Waals surface area contributed by atoms with Crippen LogP contribution in [0.3, 0.4) is 0 Å². The molecule has 84 valence electrons. The van der Waals surface area contributed by atoms with E-state index in [1.165, 1.54) is 0 Å². The van der Waals surface area contributed by atoms with Gasteiger partial charge >= 0.3 is 0 Å². The molecule has 0 amide bonds. The van der Waals surface area contributed by atoms with Crippen LogP contribution in [0, 0.1) is 0 Å². The molecule has 0 bridgehead atoms. The second-order valence-corrected chi connectivity index (χ2v) is 4.50. The molecule has 1 N–H and O–H groups in total. The fourth-order valence-corrected chi connectivity index (χ4v) is 1.86. The summed E-state index contributed by atoms with van der Waals surface area (Å²) >= 11 is 17.4. The molecule has 5 heteroatoms. The van der Waals surface area contributed by atoms with Gasteiger partial charge in [0.25, 0.3) is 0 Å². The van der Waals surface area contributed by atoms with Gasteiger partial charge in [0.1, 0.15) is 5.82 Å².